The van der Waals surface area contributed by atoms with Gasteiger partial charge in [0.2, 0.25) is 11.8 Å². The Morgan fingerprint density at radius 2 is 1.29 bits per heavy atom. The van der Waals surface area contributed by atoms with Crippen molar-refractivity contribution < 1.29 is 9.59 Å². The number of nitrogens with one attached hydrogen (secondary N) is 2. The molecule has 2 N–H and O–H groups in total. The molecule has 5 heteroatoms. The third-order valence-electron chi connectivity index (χ3n) is 5.38. The van der Waals surface area contributed by atoms with Crippen LogP contribution in [0.15, 0.2) is 48.5 Å². The Balaban J connectivity index is 1.48. The predicted octanol–water partition coefficient (Wildman–Crippen LogP) is 4.50. The molecule has 1 saturated carbocycles. The fourth-order valence-electron chi connectivity index (χ4n) is 3.56. The second kappa shape index (κ2) is 9.18. The second-order valence-corrected chi connectivity index (χ2v) is 7.27. The molecule has 1 aliphatic rings. The first-order valence-corrected chi connectivity index (χ1v) is 9.80. The molecule has 0 aromatic heterocycles. The van der Waals surface area contributed by atoms with Crippen LogP contribution in [0.2, 0.25) is 0 Å². The molecule has 0 aliphatic heterocycles. The summed E-state index contributed by atoms with van der Waals surface area (Å²) in [5.41, 5.74) is 3.32. The molecule has 5 nitrogen and oxygen atoms in total. The van der Waals surface area contributed by atoms with Crippen molar-refractivity contribution in [1.29, 1.82) is 5.26 Å². The fraction of sp³-hybridized carbons (Fsp3) is 0.348. The molecule has 0 bridgehead atoms. The molecule has 1 fully saturated rings. The van der Waals surface area contributed by atoms with Gasteiger partial charge in [-0.05, 0) is 74.1 Å². The van der Waals surface area contributed by atoms with Crippen LogP contribution in [0.1, 0.15) is 43.7 Å². The van der Waals surface area contributed by atoms with Gasteiger partial charge in [-0.15, -0.1) is 0 Å². The lowest BCUT2D eigenvalue weighted by Gasteiger charge is -2.27. The smallest absolute Gasteiger partial charge is 0.227 e. The van der Waals surface area contributed by atoms with Gasteiger partial charge in [0.05, 0.1) is 11.6 Å². The molecule has 0 atom stereocenters. The highest BCUT2D eigenvalue weighted by Crippen LogP contribution is 2.30. The molecular formula is C23H25N3O2. The number of nitriles is 1. The molecule has 0 unspecified atom stereocenters. The van der Waals surface area contributed by atoms with Gasteiger partial charge in [0, 0.05) is 23.2 Å². The van der Waals surface area contributed by atoms with Gasteiger partial charge < -0.3 is 10.6 Å². The van der Waals surface area contributed by atoms with Gasteiger partial charge in [0.15, 0.2) is 0 Å². The molecule has 28 heavy (non-hydrogen) atoms. The van der Waals surface area contributed by atoms with E-state index in [0.29, 0.717) is 36.9 Å². The normalized spacial score (nSPS) is 18.7. The molecule has 2 aromatic carbocycles. The molecule has 0 heterocycles. The van der Waals surface area contributed by atoms with E-state index in [0.717, 1.165) is 12.1 Å². The van der Waals surface area contributed by atoms with Gasteiger partial charge in [-0.2, -0.15) is 5.26 Å². The minimum absolute atomic E-state index is 0.0151. The molecule has 2 amide bonds. The van der Waals surface area contributed by atoms with E-state index >= 15 is 0 Å². The largest absolute Gasteiger partial charge is 0.326 e. The molecule has 3 rings (SSSR count). The fourth-order valence-corrected chi connectivity index (χ4v) is 3.56. The summed E-state index contributed by atoms with van der Waals surface area (Å²) < 4.78 is 0. The Kier molecular flexibility index (Phi) is 6.44. The van der Waals surface area contributed by atoms with E-state index in [4.69, 9.17) is 5.26 Å². The molecule has 144 valence electrons. The van der Waals surface area contributed by atoms with E-state index < -0.39 is 0 Å². The van der Waals surface area contributed by atoms with Crippen molar-refractivity contribution in [3.8, 4) is 6.07 Å². The first-order valence-electron chi connectivity index (χ1n) is 9.80. The van der Waals surface area contributed by atoms with E-state index in [1.807, 2.05) is 24.3 Å². The van der Waals surface area contributed by atoms with Crippen molar-refractivity contribution in [1.82, 2.24) is 0 Å². The van der Waals surface area contributed by atoms with Crippen LogP contribution in [0, 0.1) is 23.2 Å². The summed E-state index contributed by atoms with van der Waals surface area (Å²) in [7, 11) is 0. The van der Waals surface area contributed by atoms with Gasteiger partial charge in [-0.25, -0.2) is 0 Å². The topological polar surface area (TPSA) is 82.0 Å². The number of anilines is 2. The van der Waals surface area contributed by atoms with E-state index in [9.17, 15) is 9.59 Å². The van der Waals surface area contributed by atoms with Crippen LogP contribution in [0.25, 0.3) is 0 Å². The highest BCUT2D eigenvalue weighted by atomic mass is 16.2. The van der Waals surface area contributed by atoms with Crippen molar-refractivity contribution >= 4 is 23.2 Å². The van der Waals surface area contributed by atoms with Crippen molar-refractivity contribution in [3.63, 3.8) is 0 Å². The lowest BCUT2D eigenvalue weighted by atomic mass is 9.81. The summed E-state index contributed by atoms with van der Waals surface area (Å²) in [6.07, 6.45) is 3.81. The number of aryl methyl sites for hydroxylation is 1. The Hall–Kier alpha value is -3.13. The van der Waals surface area contributed by atoms with Gasteiger partial charge in [-0.3, -0.25) is 9.59 Å². The third kappa shape index (κ3) is 4.98. The van der Waals surface area contributed by atoms with Crippen molar-refractivity contribution in [2.24, 2.45) is 11.8 Å². The number of carbonyl (C=O) groups excluding carboxylic acids is 2. The Morgan fingerprint density at radius 1 is 0.857 bits per heavy atom. The van der Waals surface area contributed by atoms with E-state index in [2.05, 4.69) is 23.6 Å². The second-order valence-electron chi connectivity index (χ2n) is 7.27. The highest BCUT2D eigenvalue weighted by molar-refractivity contribution is 5.94. The van der Waals surface area contributed by atoms with Crippen LogP contribution < -0.4 is 10.6 Å². The number of nitrogens with zero attached hydrogens (tertiary/aromatic N) is 1. The maximum absolute atomic E-state index is 12.5. The van der Waals surface area contributed by atoms with Crippen molar-refractivity contribution in [2.75, 3.05) is 10.6 Å². The molecule has 1 aliphatic carbocycles. The van der Waals surface area contributed by atoms with Gasteiger partial charge in [0.1, 0.15) is 0 Å². The molecular weight excluding hydrogens is 350 g/mol. The number of amides is 2. The summed E-state index contributed by atoms with van der Waals surface area (Å²) in [4.78, 5) is 25.0. The van der Waals surface area contributed by atoms with Crippen LogP contribution in [0.3, 0.4) is 0 Å². The summed E-state index contributed by atoms with van der Waals surface area (Å²) in [5.74, 6) is -0.109. The first kappa shape index (κ1) is 19.6. The van der Waals surface area contributed by atoms with Crippen LogP contribution in [-0.4, -0.2) is 11.8 Å². The van der Waals surface area contributed by atoms with Crippen LogP contribution in [-0.2, 0) is 16.0 Å². The molecule has 2 aromatic rings. The lowest BCUT2D eigenvalue weighted by Crippen LogP contribution is -2.32. The molecule has 0 saturated heterocycles. The number of rotatable bonds is 5. The number of hydrogen-bond acceptors (Lipinski definition) is 3. The number of carbonyl (C=O) groups is 2. The van der Waals surface area contributed by atoms with E-state index in [-0.39, 0.29) is 23.7 Å². The van der Waals surface area contributed by atoms with Gasteiger partial charge >= 0.3 is 0 Å². The third-order valence-corrected chi connectivity index (χ3v) is 5.38. The maximum Gasteiger partial charge on any atom is 0.227 e. The monoisotopic (exact) mass is 375 g/mol. The van der Waals surface area contributed by atoms with E-state index in [1.165, 1.54) is 5.56 Å². The number of hydrogen-bond donors (Lipinski definition) is 2. The Bertz CT molecular complexity index is 858. The average Bonchev–Trinajstić information content (AvgIpc) is 2.75. The van der Waals surface area contributed by atoms with Crippen molar-refractivity contribution in [3.05, 3.63) is 59.7 Å². The zero-order chi connectivity index (χ0) is 19.9. The summed E-state index contributed by atoms with van der Waals surface area (Å²) in [5, 5.41) is 14.7. The minimum atomic E-state index is -0.0801. The average molecular weight is 375 g/mol. The zero-order valence-electron chi connectivity index (χ0n) is 16.1. The standard InChI is InChI=1S/C23H25N3O2/c1-2-16-3-11-20(12-4-16)25-22(27)18-7-9-19(10-8-18)23(28)26-21-13-5-17(15-24)6-14-21/h3-6,11-14,18-19H,2,7-10H2,1H3,(H,25,27)(H,26,28). The predicted molar refractivity (Wildman–Crippen MR) is 110 cm³/mol. The van der Waals surface area contributed by atoms with Crippen LogP contribution in [0.4, 0.5) is 11.4 Å². The summed E-state index contributed by atoms with van der Waals surface area (Å²) in [6.45, 7) is 2.10. The van der Waals surface area contributed by atoms with Gasteiger partial charge in [-0.1, -0.05) is 19.1 Å². The zero-order valence-corrected chi connectivity index (χ0v) is 16.1. The molecule has 0 radical (unpaired) electrons. The maximum atomic E-state index is 12.5. The van der Waals surface area contributed by atoms with Crippen LogP contribution >= 0.6 is 0 Å². The van der Waals surface area contributed by atoms with Gasteiger partial charge in [0.25, 0.3) is 0 Å². The SMILES string of the molecule is CCc1ccc(NC(=O)C2CCC(C(=O)Nc3ccc(C#N)cc3)CC2)cc1. The number of benzene rings is 2. The Morgan fingerprint density at radius 3 is 1.68 bits per heavy atom. The van der Waals surface area contributed by atoms with Crippen molar-refractivity contribution in [2.45, 2.75) is 39.0 Å². The lowest BCUT2D eigenvalue weighted by molar-refractivity contribution is -0.125. The summed E-state index contributed by atoms with van der Waals surface area (Å²) in [6, 6.07) is 16.8. The quantitative estimate of drug-likeness (QED) is 0.807. The summed E-state index contributed by atoms with van der Waals surface area (Å²) >= 11 is 0. The molecule has 0 spiro atoms. The van der Waals surface area contributed by atoms with E-state index in [1.54, 1.807) is 24.3 Å². The Labute approximate surface area is 165 Å². The minimum Gasteiger partial charge on any atom is -0.326 e. The highest BCUT2D eigenvalue weighted by Gasteiger charge is 2.30. The van der Waals surface area contributed by atoms with Crippen LogP contribution in [0.5, 0.6) is 0 Å². The first-order chi connectivity index (χ1) is 13.6.